The molecular weight excluding hydrogens is 338 g/mol. The zero-order valence-electron chi connectivity index (χ0n) is 13.9. The second-order valence-corrected chi connectivity index (χ2v) is 6.25. The topological polar surface area (TPSA) is 73.2 Å². The molecule has 0 aliphatic carbocycles. The largest absolute Gasteiger partial charge is 0.465 e. The summed E-state index contributed by atoms with van der Waals surface area (Å²) >= 11 is 1.28. The van der Waals surface area contributed by atoms with Crippen LogP contribution >= 0.6 is 11.3 Å². The highest BCUT2D eigenvalue weighted by Gasteiger charge is 2.21. The summed E-state index contributed by atoms with van der Waals surface area (Å²) in [6.07, 6.45) is 1.57. The predicted octanol–water partition coefficient (Wildman–Crippen LogP) is 3.67. The number of nitrogens with zero attached hydrogens (tertiary/aromatic N) is 2. The third-order valence-electron chi connectivity index (χ3n) is 3.66. The highest BCUT2D eigenvalue weighted by Crippen LogP contribution is 2.35. The van der Waals surface area contributed by atoms with Crippen LogP contribution in [-0.2, 0) is 11.3 Å². The minimum atomic E-state index is -0.480. The van der Waals surface area contributed by atoms with Crippen LogP contribution in [-0.4, -0.2) is 28.8 Å². The second kappa shape index (κ2) is 7.31. The third kappa shape index (κ3) is 3.46. The minimum Gasteiger partial charge on any atom is -0.465 e. The number of hydrogen-bond donors (Lipinski definition) is 1. The van der Waals surface area contributed by atoms with E-state index in [0.29, 0.717) is 22.8 Å². The maximum atomic E-state index is 12.5. The van der Waals surface area contributed by atoms with Crippen molar-refractivity contribution in [1.82, 2.24) is 9.78 Å². The Morgan fingerprint density at radius 2 is 2.00 bits per heavy atom. The van der Waals surface area contributed by atoms with E-state index in [4.69, 9.17) is 4.74 Å². The fourth-order valence-electron chi connectivity index (χ4n) is 2.44. The average molecular weight is 355 g/mol. The van der Waals surface area contributed by atoms with E-state index in [0.717, 1.165) is 10.4 Å². The van der Waals surface area contributed by atoms with Crippen LogP contribution in [0.5, 0.6) is 0 Å². The van der Waals surface area contributed by atoms with Gasteiger partial charge in [-0.15, -0.1) is 11.3 Å². The molecule has 6 nitrogen and oxygen atoms in total. The number of aromatic nitrogens is 2. The molecule has 25 heavy (non-hydrogen) atoms. The molecule has 3 rings (SSSR count). The molecule has 0 saturated heterocycles. The quantitative estimate of drug-likeness (QED) is 0.709. The molecule has 1 N–H and O–H groups in total. The number of esters is 1. The monoisotopic (exact) mass is 355 g/mol. The van der Waals surface area contributed by atoms with Crippen LogP contribution < -0.4 is 5.32 Å². The Balaban J connectivity index is 1.95. The molecule has 2 aromatic heterocycles. The highest BCUT2D eigenvalue weighted by molar-refractivity contribution is 7.18. The zero-order chi connectivity index (χ0) is 17.8. The van der Waals surface area contributed by atoms with Gasteiger partial charge in [0.15, 0.2) is 0 Å². The molecule has 0 spiro atoms. The smallest absolute Gasteiger partial charge is 0.350 e. The lowest BCUT2D eigenvalue weighted by Crippen LogP contribution is -2.18. The molecule has 0 bridgehead atoms. The lowest BCUT2D eigenvalue weighted by atomic mass is 10.2. The molecule has 0 atom stereocenters. The van der Waals surface area contributed by atoms with Crippen molar-refractivity contribution in [2.75, 3.05) is 12.4 Å². The van der Waals surface area contributed by atoms with Gasteiger partial charge in [-0.25, -0.2) is 4.79 Å². The number of benzene rings is 1. The van der Waals surface area contributed by atoms with Gasteiger partial charge in [-0.05, 0) is 24.6 Å². The third-order valence-corrected chi connectivity index (χ3v) is 4.82. The molecule has 1 aromatic carbocycles. The molecule has 1 amide bonds. The van der Waals surface area contributed by atoms with Gasteiger partial charge < -0.3 is 10.1 Å². The van der Waals surface area contributed by atoms with Gasteiger partial charge in [-0.2, -0.15) is 5.10 Å². The number of amides is 1. The Labute approximate surface area is 149 Å². The molecule has 0 unspecified atom stereocenters. The van der Waals surface area contributed by atoms with Crippen molar-refractivity contribution < 1.29 is 14.3 Å². The molecule has 0 fully saturated rings. The van der Waals surface area contributed by atoms with Crippen LogP contribution in [0.2, 0.25) is 0 Å². The Morgan fingerprint density at radius 3 is 2.68 bits per heavy atom. The van der Waals surface area contributed by atoms with E-state index in [1.807, 2.05) is 37.3 Å². The normalized spacial score (nSPS) is 10.5. The summed E-state index contributed by atoms with van der Waals surface area (Å²) in [4.78, 5) is 25.9. The molecule has 2 heterocycles. The number of rotatable bonds is 5. The Bertz CT molecular complexity index is 899. The zero-order valence-corrected chi connectivity index (χ0v) is 14.7. The van der Waals surface area contributed by atoms with Crippen LogP contribution in [0, 0.1) is 0 Å². The average Bonchev–Trinajstić information content (AvgIpc) is 3.28. The van der Waals surface area contributed by atoms with E-state index < -0.39 is 5.97 Å². The Kier molecular flexibility index (Phi) is 4.95. The van der Waals surface area contributed by atoms with E-state index in [9.17, 15) is 9.59 Å². The summed E-state index contributed by atoms with van der Waals surface area (Å²) < 4.78 is 6.44. The van der Waals surface area contributed by atoms with E-state index in [1.165, 1.54) is 18.4 Å². The van der Waals surface area contributed by atoms with Crippen LogP contribution in [0.4, 0.5) is 5.69 Å². The molecule has 0 aliphatic rings. The van der Waals surface area contributed by atoms with Crippen LogP contribution in [0.15, 0.2) is 48.7 Å². The van der Waals surface area contributed by atoms with E-state index in [2.05, 4.69) is 10.4 Å². The SMILES string of the molecule is CCn1nccc1C(=O)Nc1cc(-c2ccccc2)sc1C(=O)OC. The number of nitrogens with one attached hydrogen (secondary N) is 1. The molecule has 0 radical (unpaired) electrons. The van der Waals surface area contributed by atoms with Gasteiger partial charge in [0.05, 0.1) is 12.8 Å². The summed E-state index contributed by atoms with van der Waals surface area (Å²) in [5, 5.41) is 6.89. The maximum Gasteiger partial charge on any atom is 0.350 e. The van der Waals surface area contributed by atoms with Gasteiger partial charge in [0.1, 0.15) is 10.6 Å². The van der Waals surface area contributed by atoms with Crippen molar-refractivity contribution in [2.45, 2.75) is 13.5 Å². The van der Waals surface area contributed by atoms with Crippen molar-refractivity contribution in [1.29, 1.82) is 0 Å². The Morgan fingerprint density at radius 1 is 1.24 bits per heavy atom. The van der Waals surface area contributed by atoms with Gasteiger partial charge >= 0.3 is 5.97 Å². The first-order valence-electron chi connectivity index (χ1n) is 7.74. The first kappa shape index (κ1) is 16.9. The second-order valence-electron chi connectivity index (χ2n) is 5.20. The van der Waals surface area contributed by atoms with Crippen molar-refractivity contribution in [3.63, 3.8) is 0 Å². The van der Waals surface area contributed by atoms with Crippen molar-refractivity contribution >= 4 is 28.9 Å². The predicted molar refractivity (Wildman–Crippen MR) is 96.9 cm³/mol. The van der Waals surface area contributed by atoms with Gasteiger partial charge in [-0.3, -0.25) is 9.48 Å². The van der Waals surface area contributed by atoms with E-state index in [-0.39, 0.29) is 5.91 Å². The number of aryl methyl sites for hydroxylation is 1. The molecule has 0 aliphatic heterocycles. The lowest BCUT2D eigenvalue weighted by Gasteiger charge is -2.06. The number of hydrogen-bond acceptors (Lipinski definition) is 5. The Hall–Kier alpha value is -2.93. The molecule has 7 heteroatoms. The van der Waals surface area contributed by atoms with Crippen molar-refractivity contribution in [3.8, 4) is 10.4 Å². The molecule has 0 saturated carbocycles. The number of methoxy groups -OCH3 is 1. The van der Waals surface area contributed by atoms with E-state index in [1.54, 1.807) is 23.0 Å². The maximum absolute atomic E-state index is 12.5. The number of thiophene rings is 1. The standard InChI is InChI=1S/C18H17N3O3S/c1-3-21-14(9-10-19-21)17(22)20-13-11-15(12-7-5-4-6-8-12)25-16(13)18(23)24-2/h4-11H,3H2,1-2H3,(H,20,22). The number of anilines is 1. The van der Waals surface area contributed by atoms with Gasteiger partial charge in [0, 0.05) is 17.6 Å². The van der Waals surface area contributed by atoms with Crippen LogP contribution in [0.1, 0.15) is 27.1 Å². The number of carbonyl (C=O) groups is 2. The molecular formula is C18H17N3O3S. The van der Waals surface area contributed by atoms with Gasteiger partial charge in [0.25, 0.3) is 5.91 Å². The highest BCUT2D eigenvalue weighted by atomic mass is 32.1. The summed E-state index contributed by atoms with van der Waals surface area (Å²) in [5.41, 5.74) is 1.84. The summed E-state index contributed by atoms with van der Waals surface area (Å²) in [6.45, 7) is 2.49. The molecule has 128 valence electrons. The number of carbonyl (C=O) groups excluding carboxylic acids is 2. The summed E-state index contributed by atoms with van der Waals surface area (Å²) in [5.74, 6) is -0.798. The van der Waals surface area contributed by atoms with Gasteiger partial charge in [-0.1, -0.05) is 30.3 Å². The fraction of sp³-hybridized carbons (Fsp3) is 0.167. The minimum absolute atomic E-state index is 0.318. The van der Waals surface area contributed by atoms with Gasteiger partial charge in [0.2, 0.25) is 0 Å². The number of ether oxygens (including phenoxy) is 1. The van der Waals surface area contributed by atoms with Crippen molar-refractivity contribution in [3.05, 3.63) is 59.2 Å². The molecule has 3 aromatic rings. The van der Waals surface area contributed by atoms with E-state index >= 15 is 0 Å². The van der Waals surface area contributed by atoms with Crippen molar-refractivity contribution in [2.24, 2.45) is 0 Å². The van der Waals surface area contributed by atoms with Crippen LogP contribution in [0.3, 0.4) is 0 Å². The summed E-state index contributed by atoms with van der Waals surface area (Å²) in [7, 11) is 1.32. The summed E-state index contributed by atoms with van der Waals surface area (Å²) in [6, 6.07) is 13.1. The first-order chi connectivity index (χ1) is 12.1. The fourth-order valence-corrected chi connectivity index (χ4v) is 3.47. The van der Waals surface area contributed by atoms with Crippen LogP contribution in [0.25, 0.3) is 10.4 Å². The lowest BCUT2D eigenvalue weighted by molar-refractivity contribution is 0.0607. The first-order valence-corrected chi connectivity index (χ1v) is 8.56.